The standard InChI is InChI=1S/C20H26N2O2/c1-20(2,3)22-14-8-13-21-19(23)16-9-7-12-18(15-16)24-17-10-5-4-6-11-17/h4-7,9-12,15,22H,8,13-14H2,1-3H3,(H,21,23). The van der Waals surface area contributed by atoms with Crippen molar-refractivity contribution in [1.82, 2.24) is 10.6 Å². The minimum atomic E-state index is -0.0794. The maximum Gasteiger partial charge on any atom is 0.251 e. The number of rotatable bonds is 7. The lowest BCUT2D eigenvalue weighted by Crippen LogP contribution is -2.37. The van der Waals surface area contributed by atoms with Gasteiger partial charge in [-0.2, -0.15) is 0 Å². The number of ether oxygens (including phenoxy) is 1. The Morgan fingerprint density at radius 2 is 1.67 bits per heavy atom. The molecule has 0 saturated carbocycles. The summed E-state index contributed by atoms with van der Waals surface area (Å²) in [6.07, 6.45) is 0.892. The molecule has 24 heavy (non-hydrogen) atoms. The predicted octanol–water partition coefficient (Wildman–Crippen LogP) is 3.99. The van der Waals surface area contributed by atoms with Gasteiger partial charge in [0.05, 0.1) is 0 Å². The van der Waals surface area contributed by atoms with Crippen LogP contribution in [0, 0.1) is 0 Å². The number of hydrogen-bond donors (Lipinski definition) is 2. The molecular formula is C20H26N2O2. The maximum absolute atomic E-state index is 12.2. The van der Waals surface area contributed by atoms with E-state index in [1.165, 1.54) is 0 Å². The van der Waals surface area contributed by atoms with E-state index in [9.17, 15) is 4.79 Å². The molecule has 0 aromatic heterocycles. The van der Waals surface area contributed by atoms with Crippen LogP contribution >= 0.6 is 0 Å². The van der Waals surface area contributed by atoms with E-state index < -0.39 is 0 Å². The van der Waals surface area contributed by atoms with Crippen molar-refractivity contribution in [3.63, 3.8) is 0 Å². The van der Waals surface area contributed by atoms with Crippen LogP contribution < -0.4 is 15.4 Å². The fourth-order valence-corrected chi connectivity index (χ4v) is 2.18. The molecule has 0 unspecified atom stereocenters. The number of benzene rings is 2. The summed E-state index contributed by atoms with van der Waals surface area (Å²) in [6, 6.07) is 16.8. The monoisotopic (exact) mass is 326 g/mol. The van der Waals surface area contributed by atoms with Crippen LogP contribution in [-0.2, 0) is 0 Å². The molecule has 0 saturated heterocycles. The van der Waals surface area contributed by atoms with Gasteiger partial charge in [0, 0.05) is 17.6 Å². The number of carbonyl (C=O) groups excluding carboxylic acids is 1. The van der Waals surface area contributed by atoms with Gasteiger partial charge in [0.15, 0.2) is 0 Å². The van der Waals surface area contributed by atoms with E-state index in [-0.39, 0.29) is 11.4 Å². The fraction of sp³-hybridized carbons (Fsp3) is 0.350. The summed E-state index contributed by atoms with van der Waals surface area (Å²) < 4.78 is 5.76. The fourth-order valence-electron chi connectivity index (χ4n) is 2.18. The van der Waals surface area contributed by atoms with Gasteiger partial charge in [0.25, 0.3) is 5.91 Å². The van der Waals surface area contributed by atoms with Gasteiger partial charge in [-0.3, -0.25) is 4.79 Å². The highest BCUT2D eigenvalue weighted by Crippen LogP contribution is 2.21. The van der Waals surface area contributed by atoms with Crippen LogP contribution in [0.4, 0.5) is 0 Å². The van der Waals surface area contributed by atoms with Gasteiger partial charge in [-0.15, -0.1) is 0 Å². The molecule has 2 rings (SSSR count). The summed E-state index contributed by atoms with van der Waals surface area (Å²) >= 11 is 0. The number of hydrogen-bond acceptors (Lipinski definition) is 3. The second-order valence-corrected chi connectivity index (χ2v) is 6.73. The Morgan fingerprint density at radius 1 is 0.958 bits per heavy atom. The Labute approximate surface area is 144 Å². The van der Waals surface area contributed by atoms with Gasteiger partial charge in [-0.25, -0.2) is 0 Å². The molecule has 0 aliphatic heterocycles. The second kappa shape index (κ2) is 8.50. The van der Waals surface area contributed by atoms with Crippen LogP contribution in [0.5, 0.6) is 11.5 Å². The summed E-state index contributed by atoms with van der Waals surface area (Å²) in [5, 5.41) is 6.34. The van der Waals surface area contributed by atoms with Crippen LogP contribution in [0.2, 0.25) is 0 Å². The molecule has 0 bridgehead atoms. The molecular weight excluding hydrogens is 300 g/mol. The molecule has 2 aromatic carbocycles. The molecule has 0 aliphatic rings. The van der Waals surface area contributed by atoms with E-state index in [2.05, 4.69) is 31.4 Å². The quantitative estimate of drug-likeness (QED) is 0.757. The van der Waals surface area contributed by atoms with Gasteiger partial charge in [0.2, 0.25) is 0 Å². The molecule has 0 fully saturated rings. The Bertz CT molecular complexity index is 648. The van der Waals surface area contributed by atoms with Crippen LogP contribution in [0.25, 0.3) is 0 Å². The molecule has 2 aromatic rings. The highest BCUT2D eigenvalue weighted by molar-refractivity contribution is 5.94. The van der Waals surface area contributed by atoms with Crippen molar-refractivity contribution in [2.75, 3.05) is 13.1 Å². The lowest BCUT2D eigenvalue weighted by molar-refractivity contribution is 0.0953. The molecule has 128 valence electrons. The third-order valence-corrected chi connectivity index (χ3v) is 3.37. The van der Waals surface area contributed by atoms with E-state index in [1.54, 1.807) is 12.1 Å². The molecule has 2 N–H and O–H groups in total. The van der Waals surface area contributed by atoms with Crippen LogP contribution in [-0.4, -0.2) is 24.5 Å². The zero-order valence-corrected chi connectivity index (χ0v) is 14.6. The van der Waals surface area contributed by atoms with Gasteiger partial charge < -0.3 is 15.4 Å². The number of carbonyl (C=O) groups is 1. The van der Waals surface area contributed by atoms with Gasteiger partial charge in [0.1, 0.15) is 11.5 Å². The summed E-state index contributed by atoms with van der Waals surface area (Å²) in [7, 11) is 0. The highest BCUT2D eigenvalue weighted by atomic mass is 16.5. The smallest absolute Gasteiger partial charge is 0.251 e. The summed E-state index contributed by atoms with van der Waals surface area (Å²) in [6.45, 7) is 7.91. The Hall–Kier alpha value is -2.33. The third-order valence-electron chi connectivity index (χ3n) is 3.37. The second-order valence-electron chi connectivity index (χ2n) is 6.73. The van der Waals surface area contributed by atoms with Gasteiger partial charge >= 0.3 is 0 Å². The molecule has 0 aliphatic carbocycles. The zero-order chi connectivity index (χ0) is 17.4. The van der Waals surface area contributed by atoms with Gasteiger partial charge in [-0.1, -0.05) is 24.3 Å². The first kappa shape index (κ1) is 18.0. The van der Waals surface area contributed by atoms with Crippen molar-refractivity contribution in [3.8, 4) is 11.5 Å². The third kappa shape index (κ3) is 6.42. The number of amides is 1. The van der Waals surface area contributed by atoms with E-state index in [0.29, 0.717) is 17.9 Å². The molecule has 4 heteroatoms. The Kier molecular flexibility index (Phi) is 6.38. The summed E-state index contributed by atoms with van der Waals surface area (Å²) in [5.41, 5.74) is 0.708. The van der Waals surface area contributed by atoms with E-state index in [1.807, 2.05) is 42.5 Å². The Balaban J connectivity index is 1.83. The molecule has 4 nitrogen and oxygen atoms in total. The molecule has 0 atom stereocenters. The van der Waals surface area contributed by atoms with Gasteiger partial charge in [-0.05, 0) is 64.1 Å². The van der Waals surface area contributed by atoms with E-state index in [0.717, 1.165) is 18.7 Å². The van der Waals surface area contributed by atoms with Crippen LogP contribution in [0.15, 0.2) is 54.6 Å². The van der Waals surface area contributed by atoms with Crippen molar-refractivity contribution in [2.24, 2.45) is 0 Å². The van der Waals surface area contributed by atoms with Crippen LogP contribution in [0.3, 0.4) is 0 Å². The normalized spacial score (nSPS) is 11.1. The average Bonchev–Trinajstić information content (AvgIpc) is 2.54. The maximum atomic E-state index is 12.2. The van der Waals surface area contributed by atoms with Crippen molar-refractivity contribution >= 4 is 5.91 Å². The van der Waals surface area contributed by atoms with Crippen molar-refractivity contribution in [2.45, 2.75) is 32.7 Å². The molecule has 0 radical (unpaired) electrons. The first-order valence-corrected chi connectivity index (χ1v) is 8.30. The summed E-state index contributed by atoms with van der Waals surface area (Å²) in [5.74, 6) is 1.33. The largest absolute Gasteiger partial charge is 0.457 e. The Morgan fingerprint density at radius 3 is 2.38 bits per heavy atom. The average molecular weight is 326 g/mol. The summed E-state index contributed by atoms with van der Waals surface area (Å²) in [4.78, 5) is 12.2. The van der Waals surface area contributed by atoms with E-state index in [4.69, 9.17) is 4.74 Å². The lowest BCUT2D eigenvalue weighted by Gasteiger charge is -2.20. The van der Waals surface area contributed by atoms with E-state index >= 15 is 0 Å². The highest BCUT2D eigenvalue weighted by Gasteiger charge is 2.09. The minimum absolute atomic E-state index is 0.0794. The minimum Gasteiger partial charge on any atom is -0.457 e. The first-order valence-electron chi connectivity index (χ1n) is 8.30. The topological polar surface area (TPSA) is 50.4 Å². The molecule has 0 heterocycles. The van der Waals surface area contributed by atoms with Crippen molar-refractivity contribution in [1.29, 1.82) is 0 Å². The first-order chi connectivity index (χ1) is 11.4. The number of para-hydroxylation sites is 1. The molecule has 1 amide bonds. The SMILES string of the molecule is CC(C)(C)NCCCNC(=O)c1cccc(Oc2ccccc2)c1. The van der Waals surface area contributed by atoms with Crippen molar-refractivity contribution < 1.29 is 9.53 Å². The predicted molar refractivity (Wildman–Crippen MR) is 97.7 cm³/mol. The van der Waals surface area contributed by atoms with Crippen molar-refractivity contribution in [3.05, 3.63) is 60.2 Å². The van der Waals surface area contributed by atoms with Crippen LogP contribution in [0.1, 0.15) is 37.6 Å². The zero-order valence-electron chi connectivity index (χ0n) is 14.6. The molecule has 0 spiro atoms. The lowest BCUT2D eigenvalue weighted by atomic mass is 10.1. The number of nitrogens with one attached hydrogen (secondary N) is 2.